The molecular formula is C22H25NO. The summed E-state index contributed by atoms with van der Waals surface area (Å²) in [4.78, 5) is 15.1. The Morgan fingerprint density at radius 3 is 2.08 bits per heavy atom. The zero-order valence-electron chi connectivity index (χ0n) is 14.3. The van der Waals surface area contributed by atoms with Gasteiger partial charge in [0.2, 0.25) is 0 Å². The Kier molecular flexibility index (Phi) is 5.27. The van der Waals surface area contributed by atoms with Gasteiger partial charge in [-0.2, -0.15) is 0 Å². The van der Waals surface area contributed by atoms with E-state index in [0.29, 0.717) is 11.5 Å². The summed E-state index contributed by atoms with van der Waals surface area (Å²) in [7, 11) is 0. The van der Waals surface area contributed by atoms with Crippen LogP contribution in [0.5, 0.6) is 0 Å². The quantitative estimate of drug-likeness (QED) is 0.741. The Balaban J connectivity index is 1.76. The van der Waals surface area contributed by atoms with Crippen molar-refractivity contribution < 1.29 is 4.79 Å². The van der Waals surface area contributed by atoms with E-state index in [1.165, 1.54) is 5.56 Å². The van der Waals surface area contributed by atoms with Crippen LogP contribution in [0, 0.1) is 0 Å². The number of rotatable bonds is 5. The maximum atomic E-state index is 12.8. The van der Waals surface area contributed by atoms with Gasteiger partial charge in [-0.1, -0.05) is 67.2 Å². The van der Waals surface area contributed by atoms with Crippen molar-refractivity contribution in [2.24, 2.45) is 0 Å². The van der Waals surface area contributed by atoms with Crippen molar-refractivity contribution >= 4 is 5.78 Å². The number of carbonyl (C=O) groups excluding carboxylic acids is 1. The van der Waals surface area contributed by atoms with Gasteiger partial charge in [0.15, 0.2) is 5.78 Å². The molecule has 0 spiro atoms. The lowest BCUT2D eigenvalue weighted by atomic mass is 9.87. The van der Waals surface area contributed by atoms with Crippen molar-refractivity contribution in [3.8, 4) is 0 Å². The fourth-order valence-electron chi connectivity index (χ4n) is 3.61. The van der Waals surface area contributed by atoms with Gasteiger partial charge in [0.05, 0.1) is 6.04 Å². The van der Waals surface area contributed by atoms with Crippen LogP contribution in [0.1, 0.15) is 42.9 Å². The molecule has 1 fully saturated rings. The molecule has 0 N–H and O–H groups in total. The predicted molar refractivity (Wildman–Crippen MR) is 99.0 cm³/mol. The Morgan fingerprint density at radius 1 is 1.00 bits per heavy atom. The molecular weight excluding hydrogens is 294 g/mol. The van der Waals surface area contributed by atoms with E-state index in [0.717, 1.165) is 31.5 Å². The van der Waals surface area contributed by atoms with Crippen LogP contribution >= 0.6 is 0 Å². The van der Waals surface area contributed by atoms with Crippen molar-refractivity contribution in [3.05, 3.63) is 83.9 Å². The largest absolute Gasteiger partial charge is 0.292 e. The van der Waals surface area contributed by atoms with Crippen molar-refractivity contribution in [1.29, 1.82) is 0 Å². The van der Waals surface area contributed by atoms with Gasteiger partial charge >= 0.3 is 0 Å². The number of ketones is 1. The third-order valence-corrected chi connectivity index (χ3v) is 4.95. The molecule has 0 aliphatic carbocycles. The van der Waals surface area contributed by atoms with E-state index in [4.69, 9.17) is 0 Å². The summed E-state index contributed by atoms with van der Waals surface area (Å²) in [5.74, 6) is 0.734. The average molecular weight is 319 g/mol. The fraction of sp³-hybridized carbons (Fsp3) is 0.318. The number of benzene rings is 2. The highest BCUT2D eigenvalue weighted by Crippen LogP contribution is 2.33. The van der Waals surface area contributed by atoms with Crippen LogP contribution in [0.15, 0.2) is 72.8 Å². The van der Waals surface area contributed by atoms with E-state index in [1.807, 2.05) is 25.1 Å². The van der Waals surface area contributed by atoms with E-state index >= 15 is 0 Å². The second kappa shape index (κ2) is 7.59. The molecule has 0 radical (unpaired) electrons. The lowest BCUT2D eigenvalue weighted by Gasteiger charge is -2.37. The Bertz CT molecular complexity index is 684. The summed E-state index contributed by atoms with van der Waals surface area (Å²) in [6.07, 6.45) is 2.19. The van der Waals surface area contributed by atoms with E-state index < -0.39 is 0 Å². The molecule has 2 aromatic carbocycles. The molecule has 0 unspecified atom stereocenters. The van der Waals surface area contributed by atoms with Gasteiger partial charge < -0.3 is 0 Å². The van der Waals surface area contributed by atoms with Crippen molar-refractivity contribution in [1.82, 2.24) is 4.90 Å². The summed E-state index contributed by atoms with van der Waals surface area (Å²) in [5, 5.41) is 0. The number of Topliss-reactive ketones (excluding diaryl/α,β-unsaturated/α-hetero) is 1. The van der Waals surface area contributed by atoms with Gasteiger partial charge in [-0.3, -0.25) is 9.69 Å². The molecule has 0 amide bonds. The lowest BCUT2D eigenvalue weighted by molar-refractivity contribution is -0.121. The maximum Gasteiger partial charge on any atom is 0.179 e. The van der Waals surface area contributed by atoms with Gasteiger partial charge in [0.1, 0.15) is 0 Å². The SMILES string of the molecule is C=C(C)C(=O)[C@@H](c1ccccc1)N1CCC(c2ccccc2)CC1. The molecule has 1 heterocycles. The Labute approximate surface area is 144 Å². The molecule has 0 saturated carbocycles. The number of hydrogen-bond donors (Lipinski definition) is 0. The molecule has 2 aromatic rings. The van der Waals surface area contributed by atoms with Gasteiger partial charge in [-0.25, -0.2) is 0 Å². The molecule has 3 rings (SSSR count). The predicted octanol–water partition coefficient (Wildman–Crippen LogP) is 4.75. The summed E-state index contributed by atoms with van der Waals surface area (Å²) in [6, 6.07) is 20.6. The lowest BCUT2D eigenvalue weighted by Crippen LogP contribution is -2.40. The minimum Gasteiger partial charge on any atom is -0.292 e. The van der Waals surface area contributed by atoms with Crippen LogP contribution in [0.25, 0.3) is 0 Å². The highest BCUT2D eigenvalue weighted by atomic mass is 16.1. The van der Waals surface area contributed by atoms with E-state index in [1.54, 1.807) is 0 Å². The van der Waals surface area contributed by atoms with Gasteiger partial charge in [-0.15, -0.1) is 0 Å². The van der Waals surface area contributed by atoms with Gasteiger partial charge in [0, 0.05) is 0 Å². The van der Waals surface area contributed by atoms with E-state index in [9.17, 15) is 4.79 Å². The third kappa shape index (κ3) is 3.65. The molecule has 1 aliphatic rings. The molecule has 1 saturated heterocycles. The summed E-state index contributed by atoms with van der Waals surface area (Å²) < 4.78 is 0. The van der Waals surface area contributed by atoms with E-state index in [-0.39, 0.29) is 11.8 Å². The Hall–Kier alpha value is -2.19. The van der Waals surface area contributed by atoms with Crippen LogP contribution in [0.4, 0.5) is 0 Å². The van der Waals surface area contributed by atoms with Crippen molar-refractivity contribution in [2.75, 3.05) is 13.1 Å². The second-order valence-electron chi connectivity index (χ2n) is 6.68. The molecule has 2 heteroatoms. The van der Waals surface area contributed by atoms with Crippen LogP contribution in [-0.4, -0.2) is 23.8 Å². The molecule has 0 bridgehead atoms. The van der Waals surface area contributed by atoms with Crippen LogP contribution < -0.4 is 0 Å². The van der Waals surface area contributed by atoms with Crippen LogP contribution in [-0.2, 0) is 4.79 Å². The van der Waals surface area contributed by atoms with Crippen molar-refractivity contribution in [2.45, 2.75) is 31.7 Å². The van der Waals surface area contributed by atoms with Gasteiger partial charge in [-0.05, 0) is 55.5 Å². The molecule has 124 valence electrons. The highest BCUT2D eigenvalue weighted by Gasteiger charge is 2.31. The first-order valence-corrected chi connectivity index (χ1v) is 8.70. The monoisotopic (exact) mass is 319 g/mol. The number of nitrogens with zero attached hydrogens (tertiary/aromatic N) is 1. The first-order chi connectivity index (χ1) is 11.7. The second-order valence-corrected chi connectivity index (χ2v) is 6.68. The highest BCUT2D eigenvalue weighted by molar-refractivity contribution is 5.99. The normalized spacial score (nSPS) is 17.4. The average Bonchev–Trinajstić information content (AvgIpc) is 2.64. The Morgan fingerprint density at radius 2 is 1.54 bits per heavy atom. The van der Waals surface area contributed by atoms with E-state index in [2.05, 4.69) is 53.9 Å². The zero-order chi connectivity index (χ0) is 16.9. The summed E-state index contributed by atoms with van der Waals surface area (Å²) in [6.45, 7) is 7.58. The first kappa shape index (κ1) is 16.7. The third-order valence-electron chi connectivity index (χ3n) is 4.95. The smallest absolute Gasteiger partial charge is 0.179 e. The molecule has 24 heavy (non-hydrogen) atoms. The topological polar surface area (TPSA) is 20.3 Å². The summed E-state index contributed by atoms with van der Waals surface area (Å²) >= 11 is 0. The first-order valence-electron chi connectivity index (χ1n) is 8.70. The van der Waals surface area contributed by atoms with Gasteiger partial charge in [0.25, 0.3) is 0 Å². The molecule has 0 aromatic heterocycles. The standard InChI is InChI=1S/C22H25NO/c1-17(2)22(24)21(20-11-7-4-8-12-20)23-15-13-19(14-16-23)18-9-5-3-6-10-18/h3-12,19,21H,1,13-16H2,2H3/t21-/m1/s1. The van der Waals surface area contributed by atoms with Crippen molar-refractivity contribution in [3.63, 3.8) is 0 Å². The van der Waals surface area contributed by atoms with Crippen LogP contribution in [0.3, 0.4) is 0 Å². The fourth-order valence-corrected chi connectivity index (χ4v) is 3.61. The zero-order valence-corrected chi connectivity index (χ0v) is 14.3. The van der Waals surface area contributed by atoms with Crippen LogP contribution in [0.2, 0.25) is 0 Å². The maximum absolute atomic E-state index is 12.8. The number of likely N-dealkylation sites (tertiary alicyclic amines) is 1. The number of carbonyl (C=O) groups is 1. The minimum atomic E-state index is -0.194. The number of piperidine rings is 1. The molecule has 1 aliphatic heterocycles. The molecule has 2 nitrogen and oxygen atoms in total. The summed E-state index contributed by atoms with van der Waals surface area (Å²) in [5.41, 5.74) is 3.12. The number of hydrogen-bond acceptors (Lipinski definition) is 2. The molecule has 1 atom stereocenters. The minimum absolute atomic E-state index is 0.138.